The van der Waals surface area contributed by atoms with Crippen molar-refractivity contribution in [2.45, 2.75) is 0 Å². The average molecular weight is 361 g/mol. The van der Waals surface area contributed by atoms with E-state index >= 15 is 0 Å². The summed E-state index contributed by atoms with van der Waals surface area (Å²) < 4.78 is 8.25. The van der Waals surface area contributed by atoms with Crippen LogP contribution in [0, 0.1) is 0 Å². The van der Waals surface area contributed by atoms with Crippen molar-refractivity contribution in [3.8, 4) is 5.75 Å². The Morgan fingerprint density at radius 3 is 2.42 bits per heavy atom. The van der Waals surface area contributed by atoms with Gasteiger partial charge in [0.2, 0.25) is 0 Å². The van der Waals surface area contributed by atoms with Gasteiger partial charge in [-0.25, -0.2) is 4.58 Å². The fraction of sp³-hybridized carbons (Fsp3) is 0.0870. The van der Waals surface area contributed by atoms with Crippen LogP contribution in [0.3, 0.4) is 0 Å². The van der Waals surface area contributed by atoms with E-state index in [1.165, 1.54) is 0 Å². The van der Waals surface area contributed by atoms with Gasteiger partial charge in [0.25, 0.3) is 5.17 Å². The third kappa shape index (κ3) is 3.04. The summed E-state index contributed by atoms with van der Waals surface area (Å²) in [5.74, 6) is 1.70. The summed E-state index contributed by atoms with van der Waals surface area (Å²) >= 11 is 6.42. The average Bonchev–Trinajstić information content (AvgIpc) is 2.68. The normalized spacial score (nSPS) is 14.6. The van der Waals surface area contributed by atoms with Crippen LogP contribution in [0.15, 0.2) is 78.9 Å². The molecular formula is C23H19ClNO+. The summed E-state index contributed by atoms with van der Waals surface area (Å²) in [6, 6.07) is 22.6. The molecular weight excluding hydrogens is 342 g/mol. The third-order valence-corrected chi connectivity index (χ3v) is 4.90. The van der Waals surface area contributed by atoms with Crippen molar-refractivity contribution in [2.24, 2.45) is 0 Å². The number of ether oxygens (including phenoxy) is 1. The van der Waals surface area contributed by atoms with Crippen LogP contribution in [0.25, 0.3) is 22.1 Å². The highest BCUT2D eigenvalue weighted by molar-refractivity contribution is 6.67. The van der Waals surface area contributed by atoms with Crippen molar-refractivity contribution in [3.63, 3.8) is 0 Å². The van der Waals surface area contributed by atoms with Gasteiger partial charge in [-0.3, -0.25) is 0 Å². The van der Waals surface area contributed by atoms with Gasteiger partial charge in [0.1, 0.15) is 25.6 Å². The molecule has 0 bridgehead atoms. The van der Waals surface area contributed by atoms with E-state index in [1.807, 2.05) is 55.1 Å². The molecule has 0 unspecified atom stereocenters. The molecule has 1 aliphatic rings. The zero-order valence-corrected chi connectivity index (χ0v) is 15.5. The molecule has 26 heavy (non-hydrogen) atoms. The van der Waals surface area contributed by atoms with Gasteiger partial charge in [0, 0.05) is 22.6 Å². The summed E-state index contributed by atoms with van der Waals surface area (Å²) in [6.07, 6.45) is 4.04. The van der Waals surface area contributed by atoms with Crippen LogP contribution in [-0.2, 0) is 0 Å². The summed E-state index contributed by atoms with van der Waals surface area (Å²) in [4.78, 5) is 0. The van der Waals surface area contributed by atoms with E-state index in [0.29, 0.717) is 5.17 Å². The first-order valence-corrected chi connectivity index (χ1v) is 8.90. The molecule has 128 valence electrons. The molecule has 3 aromatic carbocycles. The van der Waals surface area contributed by atoms with Crippen LogP contribution in [0.1, 0.15) is 11.1 Å². The van der Waals surface area contributed by atoms with Crippen LogP contribution >= 0.6 is 11.6 Å². The standard InChI is InChI=1S/C23H19ClNO/c1-25(2)22(24)15-18-14-21(17-9-4-3-5-10-17)26-23-19-11-7-6-8-16(19)12-13-20(18)23/h3-15H,1-2H3/q+1/b18-15+. The van der Waals surface area contributed by atoms with Gasteiger partial charge >= 0.3 is 0 Å². The van der Waals surface area contributed by atoms with Gasteiger partial charge in [-0.1, -0.05) is 60.7 Å². The first-order valence-electron chi connectivity index (χ1n) is 8.52. The fourth-order valence-corrected chi connectivity index (χ4v) is 3.18. The number of nitrogens with zero attached hydrogens (tertiary/aromatic N) is 1. The van der Waals surface area contributed by atoms with E-state index in [-0.39, 0.29) is 0 Å². The number of halogens is 1. The highest BCUT2D eigenvalue weighted by Gasteiger charge is 2.21. The Kier molecular flexibility index (Phi) is 4.36. The van der Waals surface area contributed by atoms with Gasteiger partial charge in [0.15, 0.2) is 0 Å². The molecule has 1 aliphatic heterocycles. The molecule has 0 aromatic heterocycles. The quantitative estimate of drug-likeness (QED) is 0.430. The lowest BCUT2D eigenvalue weighted by molar-refractivity contribution is -0.461. The van der Waals surface area contributed by atoms with E-state index in [2.05, 4.69) is 42.5 Å². The van der Waals surface area contributed by atoms with Gasteiger partial charge in [0.05, 0.1) is 0 Å². The predicted molar refractivity (Wildman–Crippen MR) is 110 cm³/mol. The van der Waals surface area contributed by atoms with Gasteiger partial charge < -0.3 is 4.74 Å². The Bertz CT molecular complexity index is 1070. The lowest BCUT2D eigenvalue weighted by Gasteiger charge is -2.22. The molecule has 0 N–H and O–H groups in total. The van der Waals surface area contributed by atoms with Gasteiger partial charge in [-0.2, -0.15) is 0 Å². The second-order valence-corrected chi connectivity index (χ2v) is 6.84. The molecule has 3 heteroatoms. The van der Waals surface area contributed by atoms with Crippen molar-refractivity contribution >= 4 is 38.9 Å². The molecule has 0 saturated heterocycles. The molecule has 0 aliphatic carbocycles. The van der Waals surface area contributed by atoms with E-state index in [0.717, 1.165) is 39.0 Å². The Balaban J connectivity index is 1.97. The molecule has 0 fully saturated rings. The lowest BCUT2D eigenvalue weighted by Crippen LogP contribution is -2.08. The highest BCUT2D eigenvalue weighted by Crippen LogP contribution is 2.41. The SMILES string of the molecule is C[N+](C)=C(Cl)/C=C1\C=C(c2ccccc2)Oc2c1ccc1ccccc21. The molecule has 0 atom stereocenters. The second kappa shape index (κ2) is 6.81. The van der Waals surface area contributed by atoms with E-state index < -0.39 is 0 Å². The van der Waals surface area contributed by atoms with Crippen LogP contribution in [0.4, 0.5) is 0 Å². The molecule has 3 aromatic rings. The monoisotopic (exact) mass is 360 g/mol. The van der Waals surface area contributed by atoms with Crippen LogP contribution < -0.4 is 4.74 Å². The Morgan fingerprint density at radius 2 is 1.65 bits per heavy atom. The fourth-order valence-electron chi connectivity index (χ4n) is 3.06. The lowest BCUT2D eigenvalue weighted by atomic mass is 9.95. The number of fused-ring (bicyclic) bond motifs is 3. The zero-order chi connectivity index (χ0) is 18.1. The molecule has 2 nitrogen and oxygen atoms in total. The second-order valence-electron chi connectivity index (χ2n) is 6.46. The molecule has 1 heterocycles. The summed E-state index contributed by atoms with van der Waals surface area (Å²) in [7, 11) is 3.86. The third-order valence-electron chi connectivity index (χ3n) is 4.45. The maximum absolute atomic E-state index is 6.42. The molecule has 0 amide bonds. The van der Waals surface area contributed by atoms with E-state index in [9.17, 15) is 0 Å². The Morgan fingerprint density at radius 1 is 0.923 bits per heavy atom. The summed E-state index contributed by atoms with van der Waals surface area (Å²) in [5.41, 5.74) is 3.12. The predicted octanol–water partition coefficient (Wildman–Crippen LogP) is 5.57. The largest absolute Gasteiger partial charge is 0.455 e. The number of allylic oxidation sites excluding steroid dienone is 3. The van der Waals surface area contributed by atoms with E-state index in [4.69, 9.17) is 16.3 Å². The Labute approximate surface area is 158 Å². The molecule has 0 radical (unpaired) electrons. The van der Waals surface area contributed by atoms with Crippen LogP contribution in [-0.4, -0.2) is 23.8 Å². The highest BCUT2D eigenvalue weighted by atomic mass is 35.5. The number of rotatable bonds is 2. The topological polar surface area (TPSA) is 12.2 Å². The molecule has 0 spiro atoms. The van der Waals surface area contributed by atoms with Crippen molar-refractivity contribution in [1.82, 2.24) is 0 Å². The minimum Gasteiger partial charge on any atom is -0.455 e. The first kappa shape index (κ1) is 16.6. The number of benzene rings is 3. The van der Waals surface area contributed by atoms with Crippen molar-refractivity contribution in [3.05, 3.63) is 90.0 Å². The van der Waals surface area contributed by atoms with Gasteiger partial charge in [-0.15, -0.1) is 0 Å². The minimum absolute atomic E-state index is 0.671. The minimum atomic E-state index is 0.671. The number of hydrogen-bond donors (Lipinski definition) is 0. The maximum atomic E-state index is 6.42. The zero-order valence-electron chi connectivity index (χ0n) is 14.7. The maximum Gasteiger partial charge on any atom is 0.269 e. The van der Waals surface area contributed by atoms with E-state index in [1.54, 1.807) is 0 Å². The van der Waals surface area contributed by atoms with Crippen LogP contribution in [0.5, 0.6) is 5.75 Å². The smallest absolute Gasteiger partial charge is 0.269 e. The van der Waals surface area contributed by atoms with Gasteiger partial charge in [-0.05, 0) is 34.7 Å². The number of hydrogen-bond acceptors (Lipinski definition) is 1. The van der Waals surface area contributed by atoms with Crippen molar-refractivity contribution in [1.29, 1.82) is 0 Å². The Hall–Kier alpha value is -2.84. The first-order chi connectivity index (χ1) is 12.6. The molecule has 0 saturated carbocycles. The van der Waals surface area contributed by atoms with Crippen LogP contribution in [0.2, 0.25) is 0 Å². The van der Waals surface area contributed by atoms with Crippen molar-refractivity contribution < 1.29 is 9.31 Å². The molecule has 4 rings (SSSR count). The summed E-state index contributed by atoms with van der Waals surface area (Å²) in [5, 5.41) is 2.92. The van der Waals surface area contributed by atoms with Crippen molar-refractivity contribution in [2.75, 3.05) is 14.1 Å². The summed E-state index contributed by atoms with van der Waals surface area (Å²) in [6.45, 7) is 0.